The molecule has 116 valence electrons. The van der Waals surface area contributed by atoms with E-state index >= 15 is 0 Å². The van der Waals surface area contributed by atoms with Gasteiger partial charge in [0.05, 0.1) is 22.1 Å². The topological polar surface area (TPSA) is 75.2 Å². The first-order chi connectivity index (χ1) is 11.8. The predicted molar refractivity (Wildman–Crippen MR) is 93.4 cm³/mol. The number of aromatic amines is 2. The van der Waals surface area contributed by atoms with Crippen LogP contribution in [0.5, 0.6) is 0 Å². The fourth-order valence-electron chi connectivity index (χ4n) is 3.03. The minimum atomic E-state index is 0.702. The van der Waals surface area contributed by atoms with Gasteiger partial charge in [-0.15, -0.1) is 0 Å². The zero-order valence-electron chi connectivity index (χ0n) is 13.0. The minimum absolute atomic E-state index is 0.702. The largest absolute Gasteiger partial charge is 0.307 e. The Morgan fingerprint density at radius 3 is 2.62 bits per heavy atom. The summed E-state index contributed by atoms with van der Waals surface area (Å²) in [5.41, 5.74) is 5.67. The Balaban J connectivity index is 1.72. The summed E-state index contributed by atoms with van der Waals surface area (Å²) in [6.45, 7) is 0. The van der Waals surface area contributed by atoms with Crippen LogP contribution in [-0.4, -0.2) is 29.9 Å². The van der Waals surface area contributed by atoms with Gasteiger partial charge in [-0.05, 0) is 12.1 Å². The van der Waals surface area contributed by atoms with Crippen LogP contribution in [0.15, 0.2) is 54.9 Å². The molecule has 0 fully saturated rings. The van der Waals surface area contributed by atoms with Gasteiger partial charge >= 0.3 is 0 Å². The van der Waals surface area contributed by atoms with Gasteiger partial charge in [0.25, 0.3) is 0 Å². The van der Waals surface area contributed by atoms with Crippen LogP contribution in [0.3, 0.4) is 0 Å². The number of hydrogen-bond acceptors (Lipinski definition) is 3. The SMILES string of the molecule is Cn1cc(-c2nc3cc4c[nH][nH]c4cc3n2)c(-c2ccccc2)n1. The molecule has 2 N–H and O–H groups in total. The van der Waals surface area contributed by atoms with Crippen LogP contribution in [0, 0.1) is 0 Å². The van der Waals surface area contributed by atoms with E-state index in [1.807, 2.05) is 61.9 Å². The van der Waals surface area contributed by atoms with Crippen molar-refractivity contribution in [2.45, 2.75) is 0 Å². The lowest BCUT2D eigenvalue weighted by atomic mass is 10.1. The van der Waals surface area contributed by atoms with Gasteiger partial charge in [-0.25, -0.2) is 9.97 Å². The van der Waals surface area contributed by atoms with E-state index < -0.39 is 0 Å². The normalized spacial score (nSPS) is 11.5. The molecule has 0 atom stereocenters. The van der Waals surface area contributed by atoms with Gasteiger partial charge in [0.1, 0.15) is 5.69 Å². The quantitative estimate of drug-likeness (QED) is 0.523. The Hall–Kier alpha value is -3.41. The molecule has 0 saturated heterocycles. The number of aryl methyl sites for hydroxylation is 1. The molecule has 0 aliphatic carbocycles. The molecule has 0 unspecified atom stereocenters. The summed E-state index contributed by atoms with van der Waals surface area (Å²) in [4.78, 5) is 9.43. The van der Waals surface area contributed by atoms with E-state index in [0.717, 1.165) is 38.8 Å². The summed E-state index contributed by atoms with van der Waals surface area (Å²) < 4.78 is 1.80. The van der Waals surface area contributed by atoms with Gasteiger partial charge in [-0.1, -0.05) is 30.3 Å². The van der Waals surface area contributed by atoms with Crippen molar-refractivity contribution >= 4 is 21.9 Å². The van der Waals surface area contributed by atoms with Crippen LogP contribution in [-0.2, 0) is 7.05 Å². The molecule has 5 aromatic rings. The average Bonchev–Trinajstić information content (AvgIpc) is 3.30. The number of rotatable bonds is 2. The maximum Gasteiger partial charge on any atom is 0.164 e. The van der Waals surface area contributed by atoms with Gasteiger partial charge in [-0.2, -0.15) is 5.10 Å². The third-order valence-corrected chi connectivity index (χ3v) is 4.15. The van der Waals surface area contributed by atoms with E-state index in [1.54, 1.807) is 4.68 Å². The Labute approximate surface area is 137 Å². The van der Waals surface area contributed by atoms with Crippen LogP contribution in [0.25, 0.3) is 44.6 Å². The summed E-state index contributed by atoms with van der Waals surface area (Å²) in [6, 6.07) is 14.2. The fraction of sp³-hybridized carbons (Fsp3) is 0.0556. The predicted octanol–water partition coefficient (Wildman–Crippen LogP) is 3.51. The molecule has 6 nitrogen and oxygen atoms in total. The molecule has 2 aromatic carbocycles. The number of fused-ring (bicyclic) bond motifs is 2. The Morgan fingerprint density at radius 2 is 1.79 bits per heavy atom. The third-order valence-electron chi connectivity index (χ3n) is 4.15. The number of benzene rings is 2. The van der Waals surface area contributed by atoms with E-state index in [9.17, 15) is 0 Å². The second kappa shape index (κ2) is 4.79. The zero-order valence-corrected chi connectivity index (χ0v) is 13.0. The molecule has 6 heteroatoms. The molecule has 3 heterocycles. The summed E-state index contributed by atoms with van der Waals surface area (Å²) in [7, 11) is 1.91. The second-order valence-electron chi connectivity index (χ2n) is 5.82. The lowest BCUT2D eigenvalue weighted by molar-refractivity contribution is 0.771. The van der Waals surface area contributed by atoms with Crippen LogP contribution in [0.4, 0.5) is 0 Å². The Bertz CT molecular complexity index is 1110. The highest BCUT2D eigenvalue weighted by Crippen LogP contribution is 2.31. The van der Waals surface area contributed by atoms with Crippen LogP contribution in [0.1, 0.15) is 0 Å². The highest BCUT2D eigenvalue weighted by Gasteiger charge is 2.16. The summed E-state index contributed by atoms with van der Waals surface area (Å²) in [5.74, 6) is 0.702. The van der Waals surface area contributed by atoms with Crippen molar-refractivity contribution in [3.05, 3.63) is 54.9 Å². The van der Waals surface area contributed by atoms with Crippen LogP contribution >= 0.6 is 0 Å². The second-order valence-corrected chi connectivity index (χ2v) is 5.82. The first-order valence-corrected chi connectivity index (χ1v) is 7.70. The maximum absolute atomic E-state index is 4.72. The van der Waals surface area contributed by atoms with Crippen LogP contribution in [0.2, 0.25) is 0 Å². The molecule has 5 rings (SSSR count). The van der Waals surface area contributed by atoms with E-state index in [2.05, 4.69) is 15.3 Å². The molecular formula is C18H14N6. The molecule has 3 aromatic heterocycles. The molecule has 0 aliphatic heterocycles. The lowest BCUT2D eigenvalue weighted by Crippen LogP contribution is -1.87. The Kier molecular flexibility index (Phi) is 2.61. The fourth-order valence-corrected chi connectivity index (χ4v) is 3.03. The lowest BCUT2D eigenvalue weighted by Gasteiger charge is -1.98. The molecule has 0 aliphatic rings. The summed E-state index contributed by atoms with van der Waals surface area (Å²) in [5, 5.41) is 11.8. The average molecular weight is 314 g/mol. The highest BCUT2D eigenvalue weighted by atomic mass is 15.3. The van der Waals surface area contributed by atoms with E-state index in [-0.39, 0.29) is 0 Å². The summed E-state index contributed by atoms with van der Waals surface area (Å²) >= 11 is 0. The van der Waals surface area contributed by atoms with Crippen molar-refractivity contribution in [3.8, 4) is 22.6 Å². The first kappa shape index (κ1) is 13.1. The molecule has 0 saturated carbocycles. The van der Waals surface area contributed by atoms with Crippen molar-refractivity contribution < 1.29 is 0 Å². The molecular weight excluding hydrogens is 300 g/mol. The highest BCUT2D eigenvalue weighted by molar-refractivity contribution is 5.94. The van der Waals surface area contributed by atoms with Gasteiger partial charge in [0.15, 0.2) is 5.82 Å². The number of H-pyrrole nitrogens is 2. The molecule has 24 heavy (non-hydrogen) atoms. The number of hydrogen-bond donors (Lipinski definition) is 2. The molecule has 0 bridgehead atoms. The van der Waals surface area contributed by atoms with E-state index in [0.29, 0.717) is 5.82 Å². The van der Waals surface area contributed by atoms with Crippen molar-refractivity contribution in [1.82, 2.24) is 29.9 Å². The van der Waals surface area contributed by atoms with Crippen LogP contribution < -0.4 is 0 Å². The van der Waals surface area contributed by atoms with Gasteiger partial charge in [0.2, 0.25) is 0 Å². The number of nitrogens with zero attached hydrogens (tertiary/aromatic N) is 4. The zero-order chi connectivity index (χ0) is 16.1. The first-order valence-electron chi connectivity index (χ1n) is 7.70. The van der Waals surface area contributed by atoms with Gasteiger partial charge in [0, 0.05) is 30.4 Å². The summed E-state index contributed by atoms with van der Waals surface area (Å²) in [6.07, 6.45) is 3.89. The van der Waals surface area contributed by atoms with Gasteiger partial charge < -0.3 is 10.2 Å². The number of imidazole rings is 1. The Morgan fingerprint density at radius 1 is 1.00 bits per heavy atom. The van der Waals surface area contributed by atoms with Crippen molar-refractivity contribution in [3.63, 3.8) is 0 Å². The standard InChI is InChI=1S/C18H14N6/c1-24-10-13(17(23-24)11-5-3-2-4-6-11)18-20-15-7-12-9-19-22-14(12)8-16(15)21-18/h2-10,19,22H,1H3. The van der Waals surface area contributed by atoms with Crippen molar-refractivity contribution in [2.24, 2.45) is 7.05 Å². The monoisotopic (exact) mass is 314 g/mol. The van der Waals surface area contributed by atoms with Gasteiger partial charge in [-0.3, -0.25) is 4.68 Å². The van der Waals surface area contributed by atoms with Crippen molar-refractivity contribution in [2.75, 3.05) is 0 Å². The number of aromatic nitrogens is 6. The smallest absolute Gasteiger partial charge is 0.164 e. The molecule has 0 amide bonds. The van der Waals surface area contributed by atoms with E-state index in [4.69, 9.17) is 9.97 Å². The minimum Gasteiger partial charge on any atom is -0.307 e. The number of nitrogens with one attached hydrogen (secondary N) is 2. The third kappa shape index (κ3) is 1.93. The molecule has 0 radical (unpaired) electrons. The maximum atomic E-state index is 4.72. The van der Waals surface area contributed by atoms with E-state index in [1.165, 1.54) is 0 Å². The van der Waals surface area contributed by atoms with Crippen molar-refractivity contribution in [1.29, 1.82) is 0 Å². The molecule has 0 spiro atoms.